The van der Waals surface area contributed by atoms with Crippen LogP contribution in [-0.2, 0) is 6.42 Å². The Kier molecular flexibility index (Phi) is 5.41. The van der Waals surface area contributed by atoms with Crippen molar-refractivity contribution in [1.29, 1.82) is 5.26 Å². The van der Waals surface area contributed by atoms with Gasteiger partial charge in [-0.2, -0.15) is 20.1 Å². The van der Waals surface area contributed by atoms with Crippen LogP contribution in [0, 0.1) is 11.3 Å². The second-order valence-corrected chi connectivity index (χ2v) is 7.35. The fourth-order valence-corrected chi connectivity index (χ4v) is 3.24. The highest BCUT2D eigenvalue weighted by atomic mass is 15.3. The Morgan fingerprint density at radius 2 is 2.00 bits per heavy atom. The summed E-state index contributed by atoms with van der Waals surface area (Å²) in [6.07, 6.45) is 10.7. The van der Waals surface area contributed by atoms with Crippen LogP contribution in [0.2, 0.25) is 0 Å². The Balaban J connectivity index is 1.75. The number of aromatic nitrogens is 6. The minimum atomic E-state index is 0.219. The largest absolute Gasteiger partial charge is 0.381 e. The van der Waals surface area contributed by atoms with Gasteiger partial charge in [-0.1, -0.05) is 0 Å². The monoisotopic (exact) mass is 401 g/mol. The van der Waals surface area contributed by atoms with Gasteiger partial charge in [-0.05, 0) is 44.9 Å². The average molecular weight is 401 g/mol. The summed E-state index contributed by atoms with van der Waals surface area (Å²) in [7, 11) is 0. The molecule has 4 rings (SSSR count). The van der Waals surface area contributed by atoms with E-state index in [0.29, 0.717) is 23.6 Å². The van der Waals surface area contributed by atoms with E-state index in [1.165, 1.54) is 6.20 Å². The van der Waals surface area contributed by atoms with Crippen LogP contribution in [0.5, 0.6) is 0 Å². The zero-order valence-electron chi connectivity index (χ0n) is 16.9. The number of nitrogens with two attached hydrogens (primary N) is 1. The van der Waals surface area contributed by atoms with Crippen LogP contribution in [0.4, 0.5) is 5.69 Å². The first kappa shape index (κ1) is 19.5. The quantitative estimate of drug-likeness (QED) is 0.488. The Bertz CT molecular complexity index is 1210. The molecule has 0 atom stereocenters. The van der Waals surface area contributed by atoms with Crippen LogP contribution in [0.25, 0.3) is 22.5 Å². The lowest BCUT2D eigenvalue weighted by Crippen LogP contribution is -2.14. The average Bonchev–Trinajstić information content (AvgIpc) is 3.38. The van der Waals surface area contributed by atoms with Gasteiger partial charge in [0.05, 0.1) is 29.8 Å². The lowest BCUT2D eigenvalue weighted by atomic mass is 10.2. The molecule has 4 heterocycles. The molecule has 4 aromatic rings. The van der Waals surface area contributed by atoms with Gasteiger partial charge in [-0.25, -0.2) is 14.6 Å². The number of hydrogen-bond acceptors (Lipinski definition) is 7. The Morgan fingerprint density at radius 1 is 1.13 bits per heavy atom. The molecule has 9 nitrogen and oxygen atoms in total. The van der Waals surface area contributed by atoms with Gasteiger partial charge in [0.25, 0.3) is 0 Å². The van der Waals surface area contributed by atoms with Crippen molar-refractivity contribution >= 4 is 16.7 Å². The number of nitrogens with zero attached hydrogens (tertiary/aromatic N) is 7. The Labute approximate surface area is 174 Å². The summed E-state index contributed by atoms with van der Waals surface area (Å²) >= 11 is 0. The van der Waals surface area contributed by atoms with Gasteiger partial charge in [0.15, 0.2) is 11.5 Å². The molecular formula is C21H23N9. The van der Waals surface area contributed by atoms with E-state index in [-0.39, 0.29) is 6.04 Å². The predicted octanol–water partition coefficient (Wildman–Crippen LogP) is 2.58. The van der Waals surface area contributed by atoms with Crippen molar-refractivity contribution in [2.45, 2.75) is 32.7 Å². The van der Waals surface area contributed by atoms with Crippen LogP contribution in [0.1, 0.15) is 31.4 Å². The molecule has 0 unspecified atom stereocenters. The van der Waals surface area contributed by atoms with Gasteiger partial charge in [0.1, 0.15) is 11.8 Å². The number of aryl methyl sites for hydroxylation is 1. The summed E-state index contributed by atoms with van der Waals surface area (Å²) in [6.45, 7) is 4.81. The molecule has 0 spiro atoms. The first-order chi connectivity index (χ1) is 14.6. The molecule has 3 N–H and O–H groups in total. The maximum atomic E-state index is 9.08. The zero-order valence-corrected chi connectivity index (χ0v) is 16.9. The molecule has 0 radical (unpaired) electrons. The standard InChI is InChI=1S/C21H23N9/c1-14(2)28-18-7-20(30-21-17(11-27-30)6-16(8-23)9-25-21)24-12-19(18)29-13-15(10-26-29)4-3-5-22/h6-7,9-14H,3-5,22H2,1-2H3,(H,24,28). The smallest absolute Gasteiger partial charge is 0.164 e. The number of anilines is 1. The third-order valence-electron chi connectivity index (χ3n) is 4.62. The first-order valence-electron chi connectivity index (χ1n) is 9.84. The van der Waals surface area contributed by atoms with Gasteiger partial charge in [0.2, 0.25) is 0 Å². The molecule has 152 valence electrons. The van der Waals surface area contributed by atoms with Crippen molar-refractivity contribution in [2.75, 3.05) is 11.9 Å². The highest BCUT2D eigenvalue weighted by Crippen LogP contribution is 2.24. The van der Waals surface area contributed by atoms with Gasteiger partial charge in [0, 0.05) is 29.9 Å². The fourth-order valence-electron chi connectivity index (χ4n) is 3.24. The lowest BCUT2D eigenvalue weighted by molar-refractivity contribution is 0.825. The van der Waals surface area contributed by atoms with Crippen LogP contribution >= 0.6 is 0 Å². The zero-order chi connectivity index (χ0) is 21.1. The lowest BCUT2D eigenvalue weighted by Gasteiger charge is -2.16. The van der Waals surface area contributed by atoms with Gasteiger partial charge in [-0.3, -0.25) is 0 Å². The second kappa shape index (κ2) is 8.31. The molecule has 0 saturated carbocycles. The highest BCUT2D eigenvalue weighted by molar-refractivity contribution is 5.77. The molecule has 9 heteroatoms. The van der Waals surface area contributed by atoms with E-state index in [1.54, 1.807) is 23.1 Å². The Morgan fingerprint density at radius 3 is 2.77 bits per heavy atom. The number of hydrogen-bond donors (Lipinski definition) is 2. The van der Waals surface area contributed by atoms with Crippen molar-refractivity contribution in [3.8, 4) is 17.6 Å². The van der Waals surface area contributed by atoms with Crippen LogP contribution in [0.15, 0.2) is 43.1 Å². The molecule has 0 aliphatic rings. The van der Waals surface area contributed by atoms with Crippen molar-refractivity contribution in [1.82, 2.24) is 29.5 Å². The van der Waals surface area contributed by atoms with E-state index >= 15 is 0 Å². The normalized spacial score (nSPS) is 11.2. The molecule has 0 aliphatic carbocycles. The van der Waals surface area contributed by atoms with Gasteiger partial charge >= 0.3 is 0 Å². The number of nitriles is 1. The van der Waals surface area contributed by atoms with E-state index in [4.69, 9.17) is 11.0 Å². The highest BCUT2D eigenvalue weighted by Gasteiger charge is 2.14. The second-order valence-electron chi connectivity index (χ2n) is 7.35. The molecule has 4 aromatic heterocycles. The van der Waals surface area contributed by atoms with Crippen LogP contribution < -0.4 is 11.1 Å². The van der Waals surface area contributed by atoms with Crippen molar-refractivity contribution in [2.24, 2.45) is 5.73 Å². The molecule has 0 amide bonds. The first-order valence-corrected chi connectivity index (χ1v) is 9.84. The minimum absolute atomic E-state index is 0.219. The molecule has 0 fully saturated rings. The van der Waals surface area contributed by atoms with E-state index in [2.05, 4.69) is 45.4 Å². The van der Waals surface area contributed by atoms with Crippen LogP contribution in [0.3, 0.4) is 0 Å². The number of fused-ring (bicyclic) bond motifs is 1. The molecular weight excluding hydrogens is 378 g/mol. The van der Waals surface area contributed by atoms with Crippen LogP contribution in [-0.4, -0.2) is 42.1 Å². The van der Waals surface area contributed by atoms with Crippen molar-refractivity contribution in [3.05, 3.63) is 54.2 Å². The summed E-state index contributed by atoms with van der Waals surface area (Å²) in [5.41, 5.74) is 9.63. The summed E-state index contributed by atoms with van der Waals surface area (Å²) in [5, 5.41) is 22.3. The van der Waals surface area contributed by atoms with E-state index < -0.39 is 0 Å². The topological polar surface area (TPSA) is 123 Å². The maximum absolute atomic E-state index is 9.08. The van der Waals surface area contributed by atoms with Gasteiger partial charge < -0.3 is 11.1 Å². The number of rotatable bonds is 7. The third-order valence-corrected chi connectivity index (χ3v) is 4.62. The van der Waals surface area contributed by atoms with Gasteiger partial charge in [-0.15, -0.1) is 0 Å². The summed E-state index contributed by atoms with van der Waals surface area (Å²) in [5.74, 6) is 0.629. The molecule has 0 aliphatic heterocycles. The summed E-state index contributed by atoms with van der Waals surface area (Å²) in [6, 6.07) is 6.01. The fraction of sp³-hybridized carbons (Fsp3) is 0.286. The van der Waals surface area contributed by atoms with E-state index in [0.717, 1.165) is 35.2 Å². The molecule has 0 bridgehead atoms. The number of pyridine rings is 2. The maximum Gasteiger partial charge on any atom is 0.164 e. The van der Waals surface area contributed by atoms with Crippen molar-refractivity contribution < 1.29 is 0 Å². The summed E-state index contributed by atoms with van der Waals surface area (Å²) in [4.78, 5) is 8.99. The molecule has 30 heavy (non-hydrogen) atoms. The van der Waals surface area contributed by atoms with E-state index in [1.807, 2.05) is 23.1 Å². The molecule has 0 aromatic carbocycles. The SMILES string of the molecule is CC(C)Nc1cc(-n2ncc3cc(C#N)cnc32)ncc1-n1cc(CCCN)cn1. The predicted molar refractivity (Wildman–Crippen MR) is 115 cm³/mol. The number of nitrogens with one attached hydrogen (secondary N) is 1. The molecule has 0 saturated heterocycles. The third kappa shape index (κ3) is 3.86. The van der Waals surface area contributed by atoms with Crippen molar-refractivity contribution in [3.63, 3.8) is 0 Å². The minimum Gasteiger partial charge on any atom is -0.381 e. The van der Waals surface area contributed by atoms with E-state index in [9.17, 15) is 0 Å². The Hall–Kier alpha value is -3.77. The summed E-state index contributed by atoms with van der Waals surface area (Å²) < 4.78 is 3.49.